The zero-order valence-corrected chi connectivity index (χ0v) is 12.8. The third-order valence-corrected chi connectivity index (χ3v) is 3.88. The van der Waals surface area contributed by atoms with Crippen molar-refractivity contribution < 1.29 is 0 Å². The van der Waals surface area contributed by atoms with Gasteiger partial charge in [-0.1, -0.05) is 6.92 Å². The number of hydrogen-bond acceptors (Lipinski definition) is 3. The van der Waals surface area contributed by atoms with Crippen molar-refractivity contribution in [1.82, 2.24) is 25.4 Å². The van der Waals surface area contributed by atoms with Gasteiger partial charge in [0.05, 0.1) is 0 Å². The Morgan fingerprint density at radius 3 is 2.75 bits per heavy atom. The molecule has 1 saturated carbocycles. The van der Waals surface area contributed by atoms with Crippen LogP contribution in [0.1, 0.15) is 45.4 Å². The minimum Gasteiger partial charge on any atom is -0.357 e. The van der Waals surface area contributed by atoms with E-state index in [4.69, 9.17) is 0 Å². The Bertz CT molecular complexity index is 431. The topological polar surface area (TPSA) is 67.1 Å². The second kappa shape index (κ2) is 7.26. The zero-order valence-electron chi connectivity index (χ0n) is 12.8. The van der Waals surface area contributed by atoms with Crippen molar-refractivity contribution in [3.63, 3.8) is 0 Å². The van der Waals surface area contributed by atoms with Crippen LogP contribution in [0.25, 0.3) is 0 Å². The summed E-state index contributed by atoms with van der Waals surface area (Å²) in [6, 6.07) is 0.545. The molecule has 112 valence electrons. The van der Waals surface area contributed by atoms with E-state index in [1.807, 2.05) is 7.05 Å². The quantitative estimate of drug-likeness (QED) is 0.646. The van der Waals surface area contributed by atoms with Crippen molar-refractivity contribution in [1.29, 1.82) is 0 Å². The number of aromatic nitrogens is 3. The van der Waals surface area contributed by atoms with Crippen LogP contribution in [0.5, 0.6) is 0 Å². The molecule has 20 heavy (non-hydrogen) atoms. The number of rotatable bonds is 4. The summed E-state index contributed by atoms with van der Waals surface area (Å²) in [4.78, 5) is 8.79. The average Bonchev–Trinajstić information content (AvgIpc) is 2.84. The second-order valence-corrected chi connectivity index (χ2v) is 5.60. The van der Waals surface area contributed by atoms with Crippen molar-refractivity contribution in [3.05, 3.63) is 12.2 Å². The first-order valence-corrected chi connectivity index (χ1v) is 7.56. The van der Waals surface area contributed by atoms with Crippen LogP contribution >= 0.6 is 0 Å². The average molecular weight is 278 g/mol. The second-order valence-electron chi connectivity index (χ2n) is 5.60. The van der Waals surface area contributed by atoms with Gasteiger partial charge in [0, 0.05) is 19.6 Å². The standard InChI is InChI=1S/C14H26N6/c1-4-15-14(16-9-13-17-10-18-20(13)3)19-12-7-5-11(2)6-8-12/h10-12H,4-9H2,1-3H3,(H2,15,16,19). The molecule has 6 nitrogen and oxygen atoms in total. The van der Waals surface area contributed by atoms with E-state index in [9.17, 15) is 0 Å². The van der Waals surface area contributed by atoms with Gasteiger partial charge < -0.3 is 10.6 Å². The SMILES string of the molecule is CCNC(=NCc1ncnn1C)NC1CCC(C)CC1. The van der Waals surface area contributed by atoms with Crippen molar-refractivity contribution in [2.75, 3.05) is 6.54 Å². The number of guanidine groups is 1. The lowest BCUT2D eigenvalue weighted by molar-refractivity contribution is 0.329. The summed E-state index contributed by atoms with van der Waals surface area (Å²) in [6.07, 6.45) is 6.64. The summed E-state index contributed by atoms with van der Waals surface area (Å²) in [5, 5.41) is 10.9. The Labute approximate surface area is 121 Å². The van der Waals surface area contributed by atoms with Gasteiger partial charge in [0.1, 0.15) is 18.7 Å². The molecule has 2 rings (SSSR count). The Balaban J connectivity index is 1.90. The first kappa shape index (κ1) is 14.8. The lowest BCUT2D eigenvalue weighted by atomic mass is 9.87. The third kappa shape index (κ3) is 4.21. The van der Waals surface area contributed by atoms with Crippen molar-refractivity contribution in [2.45, 2.75) is 52.1 Å². The smallest absolute Gasteiger partial charge is 0.191 e. The van der Waals surface area contributed by atoms with E-state index in [-0.39, 0.29) is 0 Å². The number of hydrogen-bond donors (Lipinski definition) is 2. The van der Waals surface area contributed by atoms with Gasteiger partial charge in [0.2, 0.25) is 0 Å². The highest BCUT2D eigenvalue weighted by Crippen LogP contribution is 2.23. The summed E-state index contributed by atoms with van der Waals surface area (Å²) >= 11 is 0. The Hall–Kier alpha value is -1.59. The van der Waals surface area contributed by atoms with Gasteiger partial charge in [-0.25, -0.2) is 9.98 Å². The first-order chi connectivity index (χ1) is 9.69. The summed E-state index contributed by atoms with van der Waals surface area (Å²) in [5.74, 6) is 2.63. The molecule has 0 aromatic carbocycles. The van der Waals surface area contributed by atoms with Gasteiger partial charge in [-0.05, 0) is 38.5 Å². The maximum Gasteiger partial charge on any atom is 0.191 e. The zero-order chi connectivity index (χ0) is 14.4. The van der Waals surface area contributed by atoms with Crippen LogP contribution in [-0.4, -0.2) is 33.3 Å². The van der Waals surface area contributed by atoms with Crippen LogP contribution in [0, 0.1) is 5.92 Å². The van der Waals surface area contributed by atoms with Crippen LogP contribution in [-0.2, 0) is 13.6 Å². The molecule has 2 N–H and O–H groups in total. The number of aryl methyl sites for hydroxylation is 1. The highest BCUT2D eigenvalue weighted by atomic mass is 15.3. The van der Waals surface area contributed by atoms with Gasteiger partial charge in [-0.3, -0.25) is 4.68 Å². The molecule has 0 atom stereocenters. The van der Waals surface area contributed by atoms with Crippen molar-refractivity contribution >= 4 is 5.96 Å². The number of aliphatic imine (C=N–C) groups is 1. The molecule has 0 unspecified atom stereocenters. The number of nitrogens with one attached hydrogen (secondary N) is 2. The van der Waals surface area contributed by atoms with Crippen LogP contribution < -0.4 is 10.6 Å². The molecular formula is C14H26N6. The van der Waals surface area contributed by atoms with Crippen LogP contribution in [0.15, 0.2) is 11.3 Å². The fourth-order valence-corrected chi connectivity index (χ4v) is 2.53. The molecule has 0 saturated heterocycles. The minimum absolute atomic E-state index is 0.545. The van der Waals surface area contributed by atoms with E-state index in [1.54, 1.807) is 11.0 Å². The van der Waals surface area contributed by atoms with E-state index in [2.05, 4.69) is 39.6 Å². The van der Waals surface area contributed by atoms with Gasteiger partial charge in [0.25, 0.3) is 0 Å². The molecule has 1 aliphatic carbocycles. The Kier molecular flexibility index (Phi) is 5.38. The van der Waals surface area contributed by atoms with Crippen LogP contribution in [0.2, 0.25) is 0 Å². The molecule has 0 amide bonds. The van der Waals surface area contributed by atoms with Gasteiger partial charge >= 0.3 is 0 Å². The summed E-state index contributed by atoms with van der Waals surface area (Å²) in [5.41, 5.74) is 0. The van der Waals surface area contributed by atoms with Crippen molar-refractivity contribution in [3.8, 4) is 0 Å². The Morgan fingerprint density at radius 2 is 2.15 bits per heavy atom. The third-order valence-electron chi connectivity index (χ3n) is 3.88. The van der Waals surface area contributed by atoms with Crippen LogP contribution in [0.4, 0.5) is 0 Å². The normalized spacial score (nSPS) is 23.6. The molecule has 1 aliphatic rings. The molecule has 0 radical (unpaired) electrons. The van der Waals surface area contributed by atoms with E-state index >= 15 is 0 Å². The highest BCUT2D eigenvalue weighted by molar-refractivity contribution is 5.80. The van der Waals surface area contributed by atoms with Gasteiger partial charge in [-0.2, -0.15) is 5.10 Å². The maximum absolute atomic E-state index is 4.60. The fraction of sp³-hybridized carbons (Fsp3) is 0.786. The fourth-order valence-electron chi connectivity index (χ4n) is 2.53. The predicted octanol–water partition coefficient (Wildman–Crippen LogP) is 1.45. The molecule has 0 bridgehead atoms. The molecule has 0 spiro atoms. The molecule has 1 fully saturated rings. The van der Waals surface area contributed by atoms with E-state index in [0.717, 1.165) is 24.2 Å². The summed E-state index contributed by atoms with van der Waals surface area (Å²) < 4.78 is 1.76. The van der Waals surface area contributed by atoms with Crippen molar-refractivity contribution in [2.24, 2.45) is 18.0 Å². The van der Waals surface area contributed by atoms with E-state index in [0.29, 0.717) is 12.6 Å². The molecule has 0 aliphatic heterocycles. The minimum atomic E-state index is 0.545. The molecule has 1 heterocycles. The lowest BCUT2D eigenvalue weighted by Gasteiger charge is -2.28. The monoisotopic (exact) mass is 278 g/mol. The highest BCUT2D eigenvalue weighted by Gasteiger charge is 2.18. The van der Waals surface area contributed by atoms with E-state index < -0.39 is 0 Å². The number of nitrogens with zero attached hydrogens (tertiary/aromatic N) is 4. The molecular weight excluding hydrogens is 252 g/mol. The lowest BCUT2D eigenvalue weighted by Crippen LogP contribution is -2.44. The first-order valence-electron chi connectivity index (χ1n) is 7.56. The molecule has 1 aromatic heterocycles. The van der Waals surface area contributed by atoms with E-state index in [1.165, 1.54) is 25.7 Å². The maximum atomic E-state index is 4.60. The molecule has 6 heteroatoms. The predicted molar refractivity (Wildman–Crippen MR) is 80.4 cm³/mol. The van der Waals surface area contributed by atoms with Gasteiger partial charge in [-0.15, -0.1) is 0 Å². The Morgan fingerprint density at radius 1 is 1.40 bits per heavy atom. The molecule has 1 aromatic rings. The summed E-state index contributed by atoms with van der Waals surface area (Å²) in [6.45, 7) is 5.84. The van der Waals surface area contributed by atoms with Gasteiger partial charge in [0.15, 0.2) is 5.96 Å². The largest absolute Gasteiger partial charge is 0.357 e. The summed E-state index contributed by atoms with van der Waals surface area (Å²) in [7, 11) is 1.89. The van der Waals surface area contributed by atoms with Crippen LogP contribution in [0.3, 0.4) is 0 Å².